The second-order valence-corrected chi connectivity index (χ2v) is 4.54. The van der Waals surface area contributed by atoms with Crippen molar-refractivity contribution in [3.05, 3.63) is 0 Å². The molecule has 1 fully saturated rings. The molecule has 7 nitrogen and oxygen atoms in total. The lowest BCUT2D eigenvalue weighted by molar-refractivity contribution is 0.205. The van der Waals surface area contributed by atoms with E-state index in [-0.39, 0.29) is 17.9 Å². The van der Waals surface area contributed by atoms with Gasteiger partial charge in [-0.2, -0.15) is 0 Å². The van der Waals surface area contributed by atoms with Crippen molar-refractivity contribution in [3.8, 4) is 0 Å². The molecule has 0 bridgehead atoms. The number of nitrogens with one attached hydrogen (secondary N) is 2. The summed E-state index contributed by atoms with van der Waals surface area (Å²) in [5, 5.41) is 17.2. The zero-order valence-corrected chi connectivity index (χ0v) is 10.9. The average Bonchev–Trinajstić information content (AvgIpc) is 2.38. The molecule has 2 amide bonds. The summed E-state index contributed by atoms with van der Waals surface area (Å²) in [6.07, 6.45) is 2.71. The molecule has 0 aromatic heterocycles. The van der Waals surface area contributed by atoms with Crippen LogP contribution in [0.25, 0.3) is 0 Å². The molecule has 18 heavy (non-hydrogen) atoms. The molecular formula is C11H23N5O2. The Labute approximate surface area is 107 Å². The maximum absolute atomic E-state index is 11.5. The van der Waals surface area contributed by atoms with E-state index in [0.29, 0.717) is 13.1 Å². The van der Waals surface area contributed by atoms with Gasteiger partial charge in [0.05, 0.1) is 6.54 Å². The van der Waals surface area contributed by atoms with Crippen molar-refractivity contribution >= 4 is 11.9 Å². The second kappa shape index (κ2) is 7.75. The molecule has 5 N–H and O–H groups in total. The van der Waals surface area contributed by atoms with E-state index in [0.717, 1.165) is 32.4 Å². The van der Waals surface area contributed by atoms with Gasteiger partial charge in [-0.1, -0.05) is 12.1 Å². The Balaban J connectivity index is 2.21. The first-order chi connectivity index (χ1) is 8.65. The highest BCUT2D eigenvalue weighted by atomic mass is 16.4. The highest BCUT2D eigenvalue weighted by molar-refractivity contribution is 5.81. The molecule has 0 aromatic carbocycles. The zero-order valence-electron chi connectivity index (χ0n) is 10.9. The van der Waals surface area contributed by atoms with E-state index >= 15 is 0 Å². The van der Waals surface area contributed by atoms with Crippen LogP contribution >= 0.6 is 0 Å². The van der Waals surface area contributed by atoms with Crippen LogP contribution in [0.5, 0.6) is 0 Å². The second-order valence-electron chi connectivity index (χ2n) is 4.54. The van der Waals surface area contributed by atoms with Crippen LogP contribution in [0.15, 0.2) is 5.16 Å². The molecule has 1 aliphatic rings. The van der Waals surface area contributed by atoms with Gasteiger partial charge in [0.25, 0.3) is 0 Å². The van der Waals surface area contributed by atoms with E-state index in [4.69, 9.17) is 10.9 Å². The lowest BCUT2D eigenvalue weighted by Crippen LogP contribution is -2.49. The van der Waals surface area contributed by atoms with Crippen LogP contribution in [-0.2, 0) is 0 Å². The van der Waals surface area contributed by atoms with Gasteiger partial charge in [-0.3, -0.25) is 4.90 Å². The first-order valence-corrected chi connectivity index (χ1v) is 6.38. The van der Waals surface area contributed by atoms with Crippen LogP contribution in [0.1, 0.15) is 26.2 Å². The van der Waals surface area contributed by atoms with E-state index in [1.54, 1.807) is 0 Å². The molecule has 0 saturated carbocycles. The van der Waals surface area contributed by atoms with Crippen LogP contribution in [0.2, 0.25) is 0 Å². The summed E-state index contributed by atoms with van der Waals surface area (Å²) in [4.78, 5) is 13.6. The predicted molar refractivity (Wildman–Crippen MR) is 69.7 cm³/mol. The number of oxime groups is 1. The molecule has 0 aromatic rings. The Bertz CT molecular complexity index is 287. The number of piperidine rings is 1. The van der Waals surface area contributed by atoms with Gasteiger partial charge in [0, 0.05) is 25.7 Å². The Hall–Kier alpha value is -1.50. The summed E-state index contributed by atoms with van der Waals surface area (Å²) in [6.45, 7) is 4.88. The van der Waals surface area contributed by atoms with E-state index in [1.165, 1.54) is 0 Å². The van der Waals surface area contributed by atoms with E-state index in [9.17, 15) is 4.79 Å². The molecule has 0 spiro atoms. The normalized spacial score (nSPS) is 18.6. The topological polar surface area (TPSA) is 103 Å². The van der Waals surface area contributed by atoms with E-state index in [2.05, 4.69) is 20.7 Å². The minimum Gasteiger partial charge on any atom is -0.409 e. The van der Waals surface area contributed by atoms with Crippen molar-refractivity contribution in [1.82, 2.24) is 15.5 Å². The Kier molecular flexibility index (Phi) is 6.27. The van der Waals surface area contributed by atoms with Gasteiger partial charge in [0.15, 0.2) is 5.84 Å². The Morgan fingerprint density at radius 1 is 1.50 bits per heavy atom. The van der Waals surface area contributed by atoms with Crippen molar-refractivity contribution < 1.29 is 10.0 Å². The van der Waals surface area contributed by atoms with Crippen LogP contribution in [0, 0.1) is 0 Å². The first-order valence-electron chi connectivity index (χ1n) is 6.38. The fourth-order valence-corrected chi connectivity index (χ4v) is 1.97. The quantitative estimate of drug-likeness (QED) is 0.239. The average molecular weight is 257 g/mol. The number of hydrogen-bond donors (Lipinski definition) is 4. The van der Waals surface area contributed by atoms with Gasteiger partial charge in [-0.15, -0.1) is 0 Å². The van der Waals surface area contributed by atoms with Gasteiger partial charge in [-0.25, -0.2) is 4.79 Å². The fourth-order valence-electron chi connectivity index (χ4n) is 1.97. The van der Waals surface area contributed by atoms with Crippen molar-refractivity contribution in [3.63, 3.8) is 0 Å². The highest BCUT2D eigenvalue weighted by Gasteiger charge is 2.20. The van der Waals surface area contributed by atoms with Gasteiger partial charge in [-0.05, 0) is 19.3 Å². The number of carbonyl (C=O) groups is 1. The zero-order chi connectivity index (χ0) is 13.4. The summed E-state index contributed by atoms with van der Waals surface area (Å²) >= 11 is 0. The van der Waals surface area contributed by atoms with Crippen LogP contribution in [0.4, 0.5) is 4.79 Å². The maximum atomic E-state index is 11.5. The largest absolute Gasteiger partial charge is 0.409 e. The number of amides is 2. The lowest BCUT2D eigenvalue weighted by atomic mass is 10.1. The number of carbonyl (C=O) groups excluding carboxylic acids is 1. The Morgan fingerprint density at radius 2 is 2.17 bits per heavy atom. The van der Waals surface area contributed by atoms with Crippen LogP contribution in [-0.4, -0.2) is 54.2 Å². The summed E-state index contributed by atoms with van der Waals surface area (Å²) in [5.74, 6) is 0.224. The SMILES string of the molecule is CCCNC(=O)NC1CCN(CC(N)=NO)CC1. The standard InChI is InChI=1S/C11H23N5O2/c1-2-5-13-11(17)14-9-3-6-16(7-4-9)8-10(12)15-18/h9,18H,2-8H2,1H3,(H2,12,15)(H2,13,14,17). The number of nitrogens with zero attached hydrogens (tertiary/aromatic N) is 2. The van der Waals surface area contributed by atoms with Crippen molar-refractivity contribution in [2.75, 3.05) is 26.2 Å². The molecule has 0 aliphatic carbocycles. The molecule has 104 valence electrons. The molecule has 7 heteroatoms. The minimum atomic E-state index is -0.0910. The third kappa shape index (κ3) is 5.22. The number of nitrogens with two attached hydrogens (primary N) is 1. The molecule has 1 heterocycles. The summed E-state index contributed by atoms with van der Waals surface area (Å²) in [7, 11) is 0. The smallest absolute Gasteiger partial charge is 0.315 e. The number of likely N-dealkylation sites (tertiary alicyclic amines) is 1. The van der Waals surface area contributed by atoms with Crippen LogP contribution < -0.4 is 16.4 Å². The number of rotatable bonds is 5. The van der Waals surface area contributed by atoms with Gasteiger partial charge in [0.2, 0.25) is 0 Å². The van der Waals surface area contributed by atoms with Crippen molar-refractivity contribution in [2.24, 2.45) is 10.9 Å². The van der Waals surface area contributed by atoms with Crippen molar-refractivity contribution in [1.29, 1.82) is 0 Å². The molecule has 0 atom stereocenters. The number of amidine groups is 1. The molecular weight excluding hydrogens is 234 g/mol. The maximum Gasteiger partial charge on any atom is 0.315 e. The molecule has 0 radical (unpaired) electrons. The first kappa shape index (κ1) is 14.6. The number of urea groups is 1. The fraction of sp³-hybridized carbons (Fsp3) is 0.818. The molecule has 1 aliphatic heterocycles. The molecule has 1 saturated heterocycles. The summed E-state index contributed by atoms with van der Waals surface area (Å²) < 4.78 is 0. The van der Waals surface area contributed by atoms with Gasteiger partial charge >= 0.3 is 6.03 Å². The van der Waals surface area contributed by atoms with E-state index in [1.807, 2.05) is 6.92 Å². The van der Waals surface area contributed by atoms with Gasteiger partial charge in [0.1, 0.15) is 0 Å². The minimum absolute atomic E-state index is 0.0910. The predicted octanol–water partition coefficient (Wildman–Crippen LogP) is -0.0936. The highest BCUT2D eigenvalue weighted by Crippen LogP contribution is 2.09. The van der Waals surface area contributed by atoms with Crippen molar-refractivity contribution in [2.45, 2.75) is 32.2 Å². The van der Waals surface area contributed by atoms with Gasteiger partial charge < -0.3 is 21.6 Å². The monoisotopic (exact) mass is 257 g/mol. The van der Waals surface area contributed by atoms with Crippen LogP contribution in [0.3, 0.4) is 0 Å². The summed E-state index contributed by atoms with van der Waals surface area (Å²) in [5.41, 5.74) is 5.45. The number of hydrogen-bond acceptors (Lipinski definition) is 4. The lowest BCUT2D eigenvalue weighted by Gasteiger charge is -2.31. The Morgan fingerprint density at radius 3 is 2.72 bits per heavy atom. The van der Waals surface area contributed by atoms with E-state index < -0.39 is 0 Å². The molecule has 0 unspecified atom stereocenters. The third-order valence-corrected chi connectivity index (χ3v) is 2.97. The summed E-state index contributed by atoms with van der Waals surface area (Å²) in [6, 6.07) is 0.122. The molecule has 1 rings (SSSR count). The third-order valence-electron chi connectivity index (χ3n) is 2.97.